The van der Waals surface area contributed by atoms with Gasteiger partial charge in [0.05, 0.1) is 26.9 Å². The van der Waals surface area contributed by atoms with E-state index < -0.39 is 23.0 Å². The second-order valence-corrected chi connectivity index (χ2v) is 10.4. The Morgan fingerprint density at radius 3 is 2.24 bits per heavy atom. The molecule has 2 amide bonds. The van der Waals surface area contributed by atoms with E-state index in [9.17, 15) is 19.5 Å². The molecule has 3 N–H and O–H groups in total. The van der Waals surface area contributed by atoms with Crippen LogP contribution in [0.1, 0.15) is 31.5 Å². The van der Waals surface area contributed by atoms with Crippen LogP contribution in [0, 0.1) is 0 Å². The molecule has 0 saturated carbocycles. The Bertz CT molecular complexity index is 1520. The average Bonchev–Trinajstić information content (AvgIpc) is 2.89. The van der Waals surface area contributed by atoms with Crippen molar-refractivity contribution in [3.05, 3.63) is 123 Å². The zero-order valence-corrected chi connectivity index (χ0v) is 22.5. The lowest BCUT2D eigenvalue weighted by Crippen LogP contribution is -2.19. The van der Waals surface area contributed by atoms with Gasteiger partial charge in [-0.1, -0.05) is 71.2 Å². The van der Waals surface area contributed by atoms with Crippen LogP contribution >= 0.6 is 46.6 Å². The molecule has 0 aromatic heterocycles. The smallest absolute Gasteiger partial charge is 0.335 e. The van der Waals surface area contributed by atoms with Gasteiger partial charge in [0.2, 0.25) is 5.91 Å². The average molecular weight is 586 g/mol. The zero-order valence-electron chi connectivity index (χ0n) is 19.5. The van der Waals surface area contributed by atoms with Crippen LogP contribution in [0.25, 0.3) is 0 Å². The first-order valence-electron chi connectivity index (χ1n) is 11.1. The summed E-state index contributed by atoms with van der Waals surface area (Å²) < 4.78 is 0. The molecule has 4 aromatic rings. The molecule has 0 aliphatic carbocycles. The summed E-state index contributed by atoms with van der Waals surface area (Å²) in [6, 6.07) is 24.9. The highest BCUT2D eigenvalue weighted by Gasteiger charge is 2.24. The summed E-state index contributed by atoms with van der Waals surface area (Å²) in [5, 5.41) is 15.0. The minimum atomic E-state index is -1.13. The van der Waals surface area contributed by atoms with Crippen LogP contribution < -0.4 is 10.6 Å². The number of carbonyl (C=O) groups is 3. The number of halogens is 3. The number of nitrogens with one attached hydrogen (secondary N) is 2. The predicted octanol–water partition coefficient (Wildman–Crippen LogP) is 8.07. The molecule has 192 valence electrons. The molecule has 4 rings (SSSR count). The van der Waals surface area contributed by atoms with Gasteiger partial charge in [-0.2, -0.15) is 0 Å². The summed E-state index contributed by atoms with van der Waals surface area (Å²) in [5.74, 6) is -1.93. The normalized spacial score (nSPS) is 11.4. The van der Waals surface area contributed by atoms with E-state index in [-0.39, 0.29) is 26.9 Å². The third kappa shape index (κ3) is 6.88. The molecule has 1 atom stereocenters. The molecule has 0 spiro atoms. The summed E-state index contributed by atoms with van der Waals surface area (Å²) in [4.78, 5) is 38.3. The lowest BCUT2D eigenvalue weighted by atomic mass is 10.1. The number of benzene rings is 4. The van der Waals surface area contributed by atoms with Crippen molar-refractivity contribution >= 4 is 75.7 Å². The van der Waals surface area contributed by atoms with Crippen molar-refractivity contribution < 1.29 is 19.5 Å². The number of hydrogen-bond acceptors (Lipinski definition) is 4. The van der Waals surface area contributed by atoms with Crippen molar-refractivity contribution in [2.24, 2.45) is 0 Å². The molecule has 6 nitrogen and oxygen atoms in total. The number of rotatable bonds is 8. The minimum Gasteiger partial charge on any atom is -0.478 e. The molecule has 38 heavy (non-hydrogen) atoms. The summed E-state index contributed by atoms with van der Waals surface area (Å²) in [5.41, 5.74) is 1.70. The van der Waals surface area contributed by atoms with E-state index in [2.05, 4.69) is 10.6 Å². The monoisotopic (exact) mass is 584 g/mol. The van der Waals surface area contributed by atoms with E-state index in [1.54, 1.807) is 30.3 Å². The number of hydrogen-bond donors (Lipinski definition) is 3. The van der Waals surface area contributed by atoms with E-state index >= 15 is 0 Å². The lowest BCUT2D eigenvalue weighted by Gasteiger charge is -2.18. The van der Waals surface area contributed by atoms with Gasteiger partial charge in [0.1, 0.15) is 5.25 Å². The molecule has 4 aromatic carbocycles. The van der Waals surface area contributed by atoms with Gasteiger partial charge in [-0.05, 0) is 60.2 Å². The first-order valence-corrected chi connectivity index (χ1v) is 13.1. The minimum absolute atomic E-state index is 0.00199. The molecule has 0 heterocycles. The number of carboxylic acid groups (broad SMARTS) is 1. The molecule has 0 fully saturated rings. The Kier molecular flexibility index (Phi) is 8.97. The number of anilines is 2. The third-order valence-electron chi connectivity index (χ3n) is 5.33. The van der Waals surface area contributed by atoms with Gasteiger partial charge in [0.15, 0.2) is 0 Å². The van der Waals surface area contributed by atoms with Crippen molar-refractivity contribution in [3.8, 4) is 0 Å². The molecular formula is C28H19Cl3N2O4S. The molecule has 0 bridgehead atoms. The Morgan fingerprint density at radius 1 is 0.763 bits per heavy atom. The summed E-state index contributed by atoms with van der Waals surface area (Å²) >= 11 is 19.6. The maximum atomic E-state index is 13.4. The molecule has 0 aliphatic heterocycles. The Morgan fingerprint density at radius 2 is 1.53 bits per heavy atom. The molecular weight excluding hydrogens is 567 g/mol. The van der Waals surface area contributed by atoms with Gasteiger partial charge >= 0.3 is 5.97 Å². The van der Waals surface area contributed by atoms with Gasteiger partial charge in [-0.3, -0.25) is 9.59 Å². The van der Waals surface area contributed by atoms with Crippen molar-refractivity contribution in [3.63, 3.8) is 0 Å². The van der Waals surface area contributed by atoms with Crippen molar-refractivity contribution in [2.45, 2.75) is 10.1 Å². The fourth-order valence-corrected chi connectivity index (χ4v) is 5.25. The maximum Gasteiger partial charge on any atom is 0.335 e. The highest BCUT2D eigenvalue weighted by Crippen LogP contribution is 2.38. The van der Waals surface area contributed by atoms with Gasteiger partial charge in [-0.15, -0.1) is 11.8 Å². The van der Waals surface area contributed by atoms with Crippen LogP contribution in [-0.2, 0) is 4.79 Å². The molecule has 1 unspecified atom stereocenters. The van der Waals surface area contributed by atoms with Crippen molar-refractivity contribution in [1.82, 2.24) is 0 Å². The Hall–Kier alpha value is -3.49. The van der Waals surface area contributed by atoms with Crippen LogP contribution in [0.2, 0.25) is 15.1 Å². The fraction of sp³-hybridized carbons (Fsp3) is 0.0357. The SMILES string of the molecule is O=C(O)c1ccc(Cl)c(NC(=O)C(Sc2cccc(NC(=O)c3ccc(Cl)cc3Cl)c2)c2ccccc2)c1. The van der Waals surface area contributed by atoms with E-state index in [0.29, 0.717) is 15.6 Å². The van der Waals surface area contributed by atoms with Crippen LogP contribution in [0.4, 0.5) is 11.4 Å². The topological polar surface area (TPSA) is 95.5 Å². The fourth-order valence-electron chi connectivity index (χ4n) is 3.51. The predicted molar refractivity (Wildman–Crippen MR) is 153 cm³/mol. The quantitative estimate of drug-likeness (QED) is 0.182. The number of amides is 2. The van der Waals surface area contributed by atoms with E-state index in [0.717, 1.165) is 5.56 Å². The summed E-state index contributed by atoms with van der Waals surface area (Å²) in [6.07, 6.45) is 0. The largest absolute Gasteiger partial charge is 0.478 e. The highest BCUT2D eigenvalue weighted by atomic mass is 35.5. The molecule has 0 aliphatic rings. The molecule has 0 saturated heterocycles. The zero-order chi connectivity index (χ0) is 27.2. The Labute approximate surface area is 237 Å². The van der Waals surface area contributed by atoms with Gasteiger partial charge in [0.25, 0.3) is 5.91 Å². The third-order valence-corrected chi connectivity index (χ3v) is 7.46. The van der Waals surface area contributed by atoms with Gasteiger partial charge in [-0.25, -0.2) is 4.79 Å². The van der Waals surface area contributed by atoms with Crippen LogP contribution in [0.5, 0.6) is 0 Å². The second-order valence-electron chi connectivity index (χ2n) is 8.00. The number of carbonyl (C=O) groups excluding carboxylic acids is 2. The molecule has 0 radical (unpaired) electrons. The molecule has 10 heteroatoms. The lowest BCUT2D eigenvalue weighted by molar-refractivity contribution is -0.115. The number of aromatic carboxylic acids is 1. The van der Waals surface area contributed by atoms with E-state index in [4.69, 9.17) is 34.8 Å². The van der Waals surface area contributed by atoms with E-state index in [1.165, 1.54) is 36.0 Å². The Balaban J connectivity index is 1.57. The second kappa shape index (κ2) is 12.4. The number of carboxylic acids is 1. The standard InChI is InChI=1S/C28H19Cl3N2O4S/c29-18-10-11-21(23(31)14-18)26(34)32-19-7-4-8-20(15-19)38-25(16-5-2-1-3-6-16)27(35)33-24-13-17(28(36)37)9-12-22(24)30/h1-15,25H,(H,32,34)(H,33,35)(H,36,37). The highest BCUT2D eigenvalue weighted by molar-refractivity contribution is 8.00. The maximum absolute atomic E-state index is 13.4. The van der Waals surface area contributed by atoms with Gasteiger partial charge < -0.3 is 15.7 Å². The van der Waals surface area contributed by atoms with Crippen LogP contribution in [0.3, 0.4) is 0 Å². The van der Waals surface area contributed by atoms with Crippen molar-refractivity contribution in [1.29, 1.82) is 0 Å². The van der Waals surface area contributed by atoms with Crippen LogP contribution in [0.15, 0.2) is 95.9 Å². The first kappa shape index (κ1) is 27.5. The number of thioether (sulfide) groups is 1. The van der Waals surface area contributed by atoms with Crippen LogP contribution in [-0.4, -0.2) is 22.9 Å². The first-order chi connectivity index (χ1) is 18.2. The van der Waals surface area contributed by atoms with E-state index in [1.807, 2.05) is 36.4 Å². The van der Waals surface area contributed by atoms with Crippen molar-refractivity contribution in [2.75, 3.05) is 10.6 Å². The van der Waals surface area contributed by atoms with Gasteiger partial charge in [0, 0.05) is 15.6 Å². The summed E-state index contributed by atoms with van der Waals surface area (Å²) in [6.45, 7) is 0. The summed E-state index contributed by atoms with van der Waals surface area (Å²) in [7, 11) is 0.